The number of nitrogens with zero attached hydrogens (tertiary/aromatic N) is 4. The fourth-order valence-corrected chi connectivity index (χ4v) is 1.93. The maximum Gasteiger partial charge on any atom is 0.324 e. The van der Waals surface area contributed by atoms with E-state index in [2.05, 4.69) is 25.6 Å². The standard InChI is InChI=1S/C15H14N6O/c1-11-4-2-3-5-12(11)19-15(22)20-13-8-14(18-9-17-13)21-7-6-16-10-21/h2-10H,1H3,(H2,17,18,19,20,22). The highest BCUT2D eigenvalue weighted by Crippen LogP contribution is 2.14. The van der Waals surface area contributed by atoms with E-state index in [4.69, 9.17) is 0 Å². The van der Waals surface area contributed by atoms with Gasteiger partial charge in [-0.1, -0.05) is 18.2 Å². The third-order valence-electron chi connectivity index (χ3n) is 3.06. The molecule has 0 radical (unpaired) electrons. The van der Waals surface area contributed by atoms with Gasteiger partial charge in [0.25, 0.3) is 0 Å². The van der Waals surface area contributed by atoms with Gasteiger partial charge in [-0.25, -0.2) is 19.7 Å². The van der Waals surface area contributed by atoms with Crippen LogP contribution in [0.5, 0.6) is 0 Å². The fraction of sp³-hybridized carbons (Fsp3) is 0.0667. The van der Waals surface area contributed by atoms with Crippen LogP contribution in [0.15, 0.2) is 55.4 Å². The van der Waals surface area contributed by atoms with Gasteiger partial charge in [0, 0.05) is 24.1 Å². The first-order chi connectivity index (χ1) is 10.7. The molecular weight excluding hydrogens is 280 g/mol. The van der Waals surface area contributed by atoms with Gasteiger partial charge in [0.15, 0.2) is 0 Å². The lowest BCUT2D eigenvalue weighted by molar-refractivity contribution is 0.262. The molecule has 0 atom stereocenters. The van der Waals surface area contributed by atoms with E-state index in [1.54, 1.807) is 29.4 Å². The Morgan fingerprint density at radius 1 is 1.18 bits per heavy atom. The molecule has 0 saturated heterocycles. The van der Waals surface area contributed by atoms with Crippen molar-refractivity contribution >= 4 is 17.5 Å². The summed E-state index contributed by atoms with van der Waals surface area (Å²) in [5, 5.41) is 5.47. The van der Waals surface area contributed by atoms with Crippen LogP contribution in [-0.4, -0.2) is 25.6 Å². The van der Waals surface area contributed by atoms with Crippen molar-refractivity contribution < 1.29 is 4.79 Å². The summed E-state index contributed by atoms with van der Waals surface area (Å²) in [7, 11) is 0. The third kappa shape index (κ3) is 3.09. The molecule has 110 valence electrons. The number of aromatic nitrogens is 4. The molecule has 0 aliphatic rings. The monoisotopic (exact) mass is 294 g/mol. The molecule has 3 rings (SSSR count). The maximum atomic E-state index is 12.0. The Morgan fingerprint density at radius 3 is 2.82 bits per heavy atom. The topological polar surface area (TPSA) is 84.7 Å². The molecule has 0 unspecified atom stereocenters. The summed E-state index contributed by atoms with van der Waals surface area (Å²) in [4.78, 5) is 24.2. The van der Waals surface area contributed by atoms with Gasteiger partial charge in [0.2, 0.25) is 0 Å². The number of carbonyl (C=O) groups is 1. The van der Waals surface area contributed by atoms with Gasteiger partial charge in [-0.3, -0.25) is 9.88 Å². The second kappa shape index (κ2) is 6.04. The number of urea groups is 1. The van der Waals surface area contributed by atoms with Gasteiger partial charge in [0.1, 0.15) is 24.3 Å². The molecule has 22 heavy (non-hydrogen) atoms. The molecular formula is C15H14N6O. The Balaban J connectivity index is 1.72. The molecule has 0 aliphatic carbocycles. The second-order valence-corrected chi connectivity index (χ2v) is 4.63. The van der Waals surface area contributed by atoms with Crippen LogP contribution >= 0.6 is 0 Å². The summed E-state index contributed by atoms with van der Waals surface area (Å²) >= 11 is 0. The largest absolute Gasteiger partial charge is 0.324 e. The summed E-state index contributed by atoms with van der Waals surface area (Å²) in [5.74, 6) is 1.03. The Bertz CT molecular complexity index is 784. The lowest BCUT2D eigenvalue weighted by Gasteiger charge is -2.09. The third-order valence-corrected chi connectivity index (χ3v) is 3.06. The zero-order chi connectivity index (χ0) is 15.4. The minimum atomic E-state index is -0.357. The maximum absolute atomic E-state index is 12.0. The van der Waals surface area contributed by atoms with Gasteiger partial charge >= 0.3 is 6.03 Å². The van der Waals surface area contributed by atoms with Crippen molar-refractivity contribution in [2.75, 3.05) is 10.6 Å². The fourth-order valence-electron chi connectivity index (χ4n) is 1.93. The molecule has 0 spiro atoms. The normalized spacial score (nSPS) is 10.2. The average molecular weight is 294 g/mol. The number of para-hydroxylation sites is 1. The van der Waals surface area contributed by atoms with E-state index < -0.39 is 0 Å². The second-order valence-electron chi connectivity index (χ2n) is 4.63. The van der Waals surface area contributed by atoms with E-state index in [0.29, 0.717) is 11.6 Å². The van der Waals surface area contributed by atoms with Crippen LogP contribution in [0.3, 0.4) is 0 Å². The lowest BCUT2D eigenvalue weighted by Crippen LogP contribution is -2.20. The van der Waals surface area contributed by atoms with Crippen LogP contribution in [0.2, 0.25) is 0 Å². The number of amides is 2. The minimum Gasteiger partial charge on any atom is -0.307 e. The van der Waals surface area contributed by atoms with E-state index in [9.17, 15) is 4.79 Å². The molecule has 2 heterocycles. The molecule has 0 saturated carbocycles. The first-order valence-corrected chi connectivity index (χ1v) is 6.66. The van der Waals surface area contributed by atoms with Crippen LogP contribution in [0, 0.1) is 6.92 Å². The molecule has 7 nitrogen and oxygen atoms in total. The quantitative estimate of drug-likeness (QED) is 0.777. The number of anilines is 2. The molecule has 0 bridgehead atoms. The number of nitrogens with one attached hydrogen (secondary N) is 2. The first-order valence-electron chi connectivity index (χ1n) is 6.66. The van der Waals surface area contributed by atoms with Gasteiger partial charge in [0.05, 0.1) is 0 Å². The summed E-state index contributed by atoms with van der Waals surface area (Å²) in [6.07, 6.45) is 6.43. The van der Waals surface area contributed by atoms with Crippen LogP contribution in [-0.2, 0) is 0 Å². The van der Waals surface area contributed by atoms with Crippen molar-refractivity contribution in [2.24, 2.45) is 0 Å². The lowest BCUT2D eigenvalue weighted by atomic mass is 10.2. The smallest absolute Gasteiger partial charge is 0.307 e. The van der Waals surface area contributed by atoms with Crippen molar-refractivity contribution in [1.82, 2.24) is 19.5 Å². The zero-order valence-electron chi connectivity index (χ0n) is 11.9. The highest BCUT2D eigenvalue weighted by Gasteiger charge is 2.07. The highest BCUT2D eigenvalue weighted by atomic mass is 16.2. The van der Waals surface area contributed by atoms with Crippen molar-refractivity contribution in [3.63, 3.8) is 0 Å². The van der Waals surface area contributed by atoms with E-state index in [-0.39, 0.29) is 6.03 Å². The van der Waals surface area contributed by atoms with Gasteiger partial charge < -0.3 is 5.32 Å². The van der Waals surface area contributed by atoms with Gasteiger partial charge in [-0.05, 0) is 18.6 Å². The molecule has 7 heteroatoms. The molecule has 3 aromatic rings. The summed E-state index contributed by atoms with van der Waals surface area (Å²) in [5.41, 5.74) is 1.74. The van der Waals surface area contributed by atoms with E-state index >= 15 is 0 Å². The van der Waals surface area contributed by atoms with Gasteiger partial charge in [-0.2, -0.15) is 0 Å². The molecule has 1 aromatic carbocycles. The highest BCUT2D eigenvalue weighted by molar-refractivity contribution is 5.99. The zero-order valence-corrected chi connectivity index (χ0v) is 11.9. The SMILES string of the molecule is Cc1ccccc1NC(=O)Nc1cc(-n2ccnc2)ncn1. The Kier molecular flexibility index (Phi) is 3.78. The summed E-state index contributed by atoms with van der Waals surface area (Å²) in [6.45, 7) is 1.93. The molecule has 2 amide bonds. The van der Waals surface area contributed by atoms with Crippen molar-refractivity contribution in [1.29, 1.82) is 0 Å². The number of rotatable bonds is 3. The molecule has 0 aliphatic heterocycles. The molecule has 2 N–H and O–H groups in total. The number of hydrogen-bond donors (Lipinski definition) is 2. The van der Waals surface area contributed by atoms with Crippen molar-refractivity contribution in [3.05, 3.63) is 60.9 Å². The Hall–Kier alpha value is -3.22. The number of benzene rings is 1. The number of carbonyl (C=O) groups excluding carboxylic acids is 1. The number of aryl methyl sites for hydroxylation is 1. The average Bonchev–Trinajstić information content (AvgIpc) is 3.04. The predicted molar refractivity (Wildman–Crippen MR) is 83.0 cm³/mol. The van der Waals surface area contributed by atoms with Crippen LogP contribution in [0.25, 0.3) is 5.82 Å². The van der Waals surface area contributed by atoms with E-state index in [1.807, 2.05) is 31.2 Å². The summed E-state index contributed by atoms with van der Waals surface area (Å²) < 4.78 is 1.73. The predicted octanol–water partition coefficient (Wildman–Crippen LogP) is 2.61. The van der Waals surface area contributed by atoms with E-state index in [1.165, 1.54) is 6.33 Å². The minimum absolute atomic E-state index is 0.357. The molecule has 0 fully saturated rings. The van der Waals surface area contributed by atoms with Crippen LogP contribution < -0.4 is 10.6 Å². The first kappa shape index (κ1) is 13.7. The van der Waals surface area contributed by atoms with Gasteiger partial charge in [-0.15, -0.1) is 0 Å². The van der Waals surface area contributed by atoms with Crippen molar-refractivity contribution in [3.8, 4) is 5.82 Å². The Labute approximate surface area is 127 Å². The van der Waals surface area contributed by atoms with Crippen LogP contribution in [0.4, 0.5) is 16.3 Å². The number of hydrogen-bond acceptors (Lipinski definition) is 4. The summed E-state index contributed by atoms with van der Waals surface area (Å²) in [6, 6.07) is 8.86. The van der Waals surface area contributed by atoms with E-state index in [0.717, 1.165) is 11.3 Å². The van der Waals surface area contributed by atoms with Crippen molar-refractivity contribution in [2.45, 2.75) is 6.92 Å². The molecule has 2 aromatic heterocycles. The van der Waals surface area contributed by atoms with Crippen LogP contribution in [0.1, 0.15) is 5.56 Å². The Morgan fingerprint density at radius 2 is 2.05 bits per heavy atom. The number of imidazole rings is 1.